The molecule has 1 heterocycles. The van der Waals surface area contributed by atoms with Gasteiger partial charge in [-0.2, -0.15) is 5.26 Å². The van der Waals surface area contributed by atoms with Crippen LogP contribution in [0.15, 0.2) is 24.4 Å². The average Bonchev–Trinajstić information content (AvgIpc) is 2.19. The van der Waals surface area contributed by atoms with Crippen LogP contribution in [0.5, 0.6) is 0 Å². The van der Waals surface area contributed by atoms with Crippen LogP contribution >= 0.6 is 0 Å². The van der Waals surface area contributed by atoms with Gasteiger partial charge in [0.05, 0.1) is 18.1 Å². The van der Waals surface area contributed by atoms with Gasteiger partial charge < -0.3 is 10.1 Å². The van der Waals surface area contributed by atoms with E-state index in [4.69, 9.17) is 5.26 Å². The highest BCUT2D eigenvalue weighted by molar-refractivity contribution is 5.57. The van der Waals surface area contributed by atoms with Crippen molar-refractivity contribution in [1.82, 2.24) is 4.98 Å². The maximum Gasteiger partial charge on any atom is 0.370 e. The van der Waals surface area contributed by atoms with E-state index in [9.17, 15) is 10.1 Å². The number of rotatable bonds is 3. The third-order valence-electron chi connectivity index (χ3n) is 1.50. The maximum atomic E-state index is 10.5. The highest BCUT2D eigenvalue weighted by Crippen LogP contribution is 2.15. The molecule has 0 aliphatic carbocycles. The minimum Gasteiger partial charge on any atom is -0.358 e. The van der Waals surface area contributed by atoms with E-state index in [-0.39, 0.29) is 12.2 Å². The highest BCUT2D eigenvalue weighted by Gasteiger charge is 2.10. The lowest BCUT2D eigenvalue weighted by molar-refractivity contribution is -0.389. The van der Waals surface area contributed by atoms with Gasteiger partial charge >= 0.3 is 5.82 Å². The zero-order chi connectivity index (χ0) is 10.4. The average molecular weight is 189 g/mol. The Balaban J connectivity index is 2.97. The first kappa shape index (κ1) is 9.86. The quantitative estimate of drug-likeness (QED) is 0.537. The van der Waals surface area contributed by atoms with Crippen molar-refractivity contribution in [2.45, 2.75) is 6.42 Å². The van der Waals surface area contributed by atoms with Crippen LogP contribution in [0.2, 0.25) is 0 Å². The van der Waals surface area contributed by atoms with Crippen LogP contribution in [0, 0.1) is 21.4 Å². The molecule has 1 aromatic rings. The molecule has 70 valence electrons. The van der Waals surface area contributed by atoms with Crippen molar-refractivity contribution in [2.75, 3.05) is 0 Å². The van der Waals surface area contributed by atoms with Crippen LogP contribution in [0.25, 0.3) is 6.08 Å². The SMILES string of the molecule is N#CCC=Cc1cccnc1[N+](=O)[O-]. The second kappa shape index (κ2) is 4.72. The predicted octanol–water partition coefficient (Wildman–Crippen LogP) is 1.92. The third-order valence-corrected chi connectivity index (χ3v) is 1.50. The smallest absolute Gasteiger partial charge is 0.358 e. The fourth-order valence-electron chi connectivity index (χ4n) is 0.931. The van der Waals surface area contributed by atoms with Crippen LogP contribution < -0.4 is 0 Å². The highest BCUT2D eigenvalue weighted by atomic mass is 16.6. The Morgan fingerprint density at radius 1 is 1.71 bits per heavy atom. The summed E-state index contributed by atoms with van der Waals surface area (Å²) in [5.41, 5.74) is 0.410. The van der Waals surface area contributed by atoms with E-state index in [0.29, 0.717) is 5.56 Å². The van der Waals surface area contributed by atoms with Crippen molar-refractivity contribution in [1.29, 1.82) is 5.26 Å². The lowest BCUT2D eigenvalue weighted by Gasteiger charge is -1.94. The molecule has 1 rings (SSSR count). The van der Waals surface area contributed by atoms with E-state index in [1.54, 1.807) is 18.2 Å². The van der Waals surface area contributed by atoms with E-state index in [0.717, 1.165) is 0 Å². The summed E-state index contributed by atoms with van der Waals surface area (Å²) in [4.78, 5) is 13.6. The number of pyridine rings is 1. The van der Waals surface area contributed by atoms with E-state index >= 15 is 0 Å². The standard InChI is InChI=1S/C9H7N3O2/c10-6-2-1-4-8-5-3-7-11-9(8)12(13)14/h1,3-5,7H,2H2. The van der Waals surface area contributed by atoms with Crippen molar-refractivity contribution in [3.63, 3.8) is 0 Å². The van der Waals surface area contributed by atoms with Gasteiger partial charge in [-0.25, -0.2) is 0 Å². The first-order valence-corrected chi connectivity index (χ1v) is 3.88. The minimum atomic E-state index is -0.550. The predicted molar refractivity (Wildman–Crippen MR) is 50.2 cm³/mol. The Morgan fingerprint density at radius 2 is 2.50 bits per heavy atom. The number of aromatic nitrogens is 1. The van der Waals surface area contributed by atoms with E-state index < -0.39 is 4.92 Å². The van der Waals surface area contributed by atoms with Gasteiger partial charge in [0.1, 0.15) is 6.20 Å². The third kappa shape index (κ3) is 2.38. The molecular formula is C9H7N3O2. The Kier molecular flexibility index (Phi) is 3.33. The molecule has 0 fully saturated rings. The Morgan fingerprint density at radius 3 is 3.14 bits per heavy atom. The summed E-state index contributed by atoms with van der Waals surface area (Å²) in [6.45, 7) is 0. The molecule has 14 heavy (non-hydrogen) atoms. The van der Waals surface area contributed by atoms with Crippen LogP contribution in [-0.2, 0) is 0 Å². The van der Waals surface area contributed by atoms with E-state index in [1.165, 1.54) is 12.3 Å². The van der Waals surface area contributed by atoms with Gasteiger partial charge in [-0.15, -0.1) is 0 Å². The van der Waals surface area contributed by atoms with E-state index in [1.807, 2.05) is 6.07 Å². The summed E-state index contributed by atoms with van der Waals surface area (Å²) in [6, 6.07) is 5.10. The summed E-state index contributed by atoms with van der Waals surface area (Å²) < 4.78 is 0. The normalized spacial score (nSPS) is 9.93. The van der Waals surface area contributed by atoms with Gasteiger partial charge in [0.2, 0.25) is 0 Å². The molecule has 0 unspecified atom stereocenters. The molecule has 0 amide bonds. The molecule has 0 aliphatic heterocycles. The van der Waals surface area contributed by atoms with Crippen molar-refractivity contribution < 1.29 is 4.92 Å². The monoisotopic (exact) mass is 189 g/mol. The molecule has 5 nitrogen and oxygen atoms in total. The molecule has 0 bridgehead atoms. The van der Waals surface area contributed by atoms with Gasteiger partial charge in [-0.3, -0.25) is 0 Å². The van der Waals surface area contributed by atoms with Crippen LogP contribution in [-0.4, -0.2) is 9.91 Å². The molecule has 0 aliphatic rings. The first-order valence-electron chi connectivity index (χ1n) is 3.88. The fraction of sp³-hybridized carbons (Fsp3) is 0.111. The van der Waals surface area contributed by atoms with Gasteiger partial charge in [0.15, 0.2) is 0 Å². The summed E-state index contributed by atoms with van der Waals surface area (Å²) >= 11 is 0. The number of nitrogens with zero attached hydrogens (tertiary/aromatic N) is 3. The summed E-state index contributed by atoms with van der Waals surface area (Å²) in [6.07, 6.45) is 4.67. The molecule has 0 saturated carbocycles. The number of hydrogen-bond acceptors (Lipinski definition) is 4. The van der Waals surface area contributed by atoms with Crippen molar-refractivity contribution >= 4 is 11.9 Å². The zero-order valence-electron chi connectivity index (χ0n) is 7.25. The molecule has 0 aromatic carbocycles. The number of allylic oxidation sites excluding steroid dienone is 1. The van der Waals surface area contributed by atoms with Crippen LogP contribution in [0.4, 0.5) is 5.82 Å². The molecule has 0 N–H and O–H groups in total. The van der Waals surface area contributed by atoms with Crippen molar-refractivity contribution in [3.05, 3.63) is 40.1 Å². The Bertz CT molecular complexity index is 407. The van der Waals surface area contributed by atoms with Crippen molar-refractivity contribution in [3.8, 4) is 6.07 Å². The number of nitro groups is 1. The van der Waals surface area contributed by atoms with Gasteiger partial charge in [0.25, 0.3) is 0 Å². The largest absolute Gasteiger partial charge is 0.370 e. The molecule has 0 spiro atoms. The van der Waals surface area contributed by atoms with Crippen molar-refractivity contribution in [2.24, 2.45) is 0 Å². The minimum absolute atomic E-state index is 0.193. The Hall–Kier alpha value is -2.22. The maximum absolute atomic E-state index is 10.5. The molecule has 1 aromatic heterocycles. The van der Waals surface area contributed by atoms with Gasteiger partial charge in [0, 0.05) is 0 Å². The first-order chi connectivity index (χ1) is 6.75. The lowest BCUT2D eigenvalue weighted by atomic mass is 10.2. The summed E-state index contributed by atoms with van der Waals surface area (Å²) in [5.74, 6) is -0.193. The fourth-order valence-corrected chi connectivity index (χ4v) is 0.931. The lowest BCUT2D eigenvalue weighted by Crippen LogP contribution is -1.93. The Labute approximate surface area is 80.5 Å². The van der Waals surface area contributed by atoms with Gasteiger partial charge in [-0.05, 0) is 28.1 Å². The second-order valence-electron chi connectivity index (χ2n) is 2.44. The van der Waals surface area contributed by atoms with E-state index in [2.05, 4.69) is 4.98 Å². The molecule has 5 heteroatoms. The zero-order valence-corrected chi connectivity index (χ0v) is 7.25. The topological polar surface area (TPSA) is 79.8 Å². The molecule has 0 atom stereocenters. The molecule has 0 saturated heterocycles. The van der Waals surface area contributed by atoms with Gasteiger partial charge in [-0.1, -0.05) is 6.08 Å². The summed E-state index contributed by atoms with van der Waals surface area (Å²) in [7, 11) is 0. The van der Waals surface area contributed by atoms with Crippen LogP contribution in [0.3, 0.4) is 0 Å². The summed E-state index contributed by atoms with van der Waals surface area (Å²) in [5, 5.41) is 18.8. The number of nitriles is 1. The number of hydrogen-bond donors (Lipinski definition) is 0. The second-order valence-corrected chi connectivity index (χ2v) is 2.44. The molecular weight excluding hydrogens is 182 g/mol. The molecule has 0 radical (unpaired) electrons. The van der Waals surface area contributed by atoms with Crippen LogP contribution in [0.1, 0.15) is 12.0 Å².